The first-order valence-electron chi connectivity index (χ1n) is 6.20. The maximum absolute atomic E-state index is 14.0. The molecule has 6 heteroatoms. The van der Waals surface area contributed by atoms with E-state index in [1.54, 1.807) is 13.0 Å². The van der Waals surface area contributed by atoms with Crippen LogP contribution < -0.4 is 0 Å². The van der Waals surface area contributed by atoms with Crippen LogP contribution in [0.1, 0.15) is 27.8 Å². The van der Waals surface area contributed by atoms with E-state index in [0.717, 1.165) is 6.07 Å². The minimum absolute atomic E-state index is 0.145. The van der Waals surface area contributed by atoms with Crippen LogP contribution in [0, 0.1) is 5.82 Å². The Hall–Kier alpha value is -2.76. The standard InChI is InChI=1S/C15H12FNO4/c1-2-21-15(20)11-6-5-9(8-12(11)16)10-4-3-7-17-13(10)14(18)19/h3-8H,2H2,1H3,(H,18,19). The Balaban J connectivity index is 2.46. The molecule has 0 aliphatic rings. The SMILES string of the molecule is CCOC(=O)c1ccc(-c2cccnc2C(=O)O)cc1F. The van der Waals surface area contributed by atoms with Gasteiger partial charge in [-0.25, -0.2) is 19.0 Å². The highest BCUT2D eigenvalue weighted by atomic mass is 19.1. The number of carbonyl (C=O) groups is 2. The first-order chi connectivity index (χ1) is 10.0. The molecule has 0 radical (unpaired) electrons. The summed E-state index contributed by atoms with van der Waals surface area (Å²) in [5, 5.41) is 9.08. The Labute approximate surface area is 120 Å². The van der Waals surface area contributed by atoms with Crippen LogP contribution >= 0.6 is 0 Å². The monoisotopic (exact) mass is 289 g/mol. The molecule has 1 aromatic carbocycles. The van der Waals surface area contributed by atoms with Gasteiger partial charge in [0.15, 0.2) is 5.69 Å². The molecular formula is C15H12FNO4. The van der Waals surface area contributed by atoms with E-state index in [0.29, 0.717) is 5.56 Å². The van der Waals surface area contributed by atoms with E-state index in [2.05, 4.69) is 4.98 Å². The average Bonchev–Trinajstić information content (AvgIpc) is 2.47. The van der Waals surface area contributed by atoms with E-state index in [1.807, 2.05) is 0 Å². The lowest BCUT2D eigenvalue weighted by atomic mass is 10.0. The number of aromatic carboxylic acids is 1. The molecule has 5 nitrogen and oxygen atoms in total. The van der Waals surface area contributed by atoms with Crippen molar-refractivity contribution in [2.45, 2.75) is 6.92 Å². The molecular weight excluding hydrogens is 277 g/mol. The largest absolute Gasteiger partial charge is 0.476 e. The Morgan fingerprint density at radius 1 is 1.33 bits per heavy atom. The molecule has 0 fully saturated rings. The molecule has 0 bridgehead atoms. The maximum Gasteiger partial charge on any atom is 0.355 e. The highest BCUT2D eigenvalue weighted by Crippen LogP contribution is 2.24. The zero-order chi connectivity index (χ0) is 15.4. The molecule has 0 spiro atoms. The minimum atomic E-state index is -1.21. The number of aromatic nitrogens is 1. The summed E-state index contributed by atoms with van der Waals surface area (Å²) in [5.74, 6) is -2.74. The van der Waals surface area contributed by atoms with Gasteiger partial charge >= 0.3 is 11.9 Å². The van der Waals surface area contributed by atoms with Crippen LogP contribution in [0.2, 0.25) is 0 Å². The molecule has 0 atom stereocenters. The Morgan fingerprint density at radius 2 is 2.10 bits per heavy atom. The van der Waals surface area contributed by atoms with E-state index in [9.17, 15) is 14.0 Å². The van der Waals surface area contributed by atoms with Crippen LogP contribution in [0.3, 0.4) is 0 Å². The van der Waals surface area contributed by atoms with E-state index in [4.69, 9.17) is 9.84 Å². The van der Waals surface area contributed by atoms with Crippen LogP contribution in [-0.2, 0) is 4.74 Å². The number of rotatable bonds is 4. The fourth-order valence-electron chi connectivity index (χ4n) is 1.87. The topological polar surface area (TPSA) is 76.5 Å². The predicted octanol–water partition coefficient (Wildman–Crippen LogP) is 2.76. The lowest BCUT2D eigenvalue weighted by Gasteiger charge is -2.08. The van der Waals surface area contributed by atoms with Gasteiger partial charge in [-0.3, -0.25) is 0 Å². The van der Waals surface area contributed by atoms with Crippen molar-refractivity contribution in [3.05, 3.63) is 53.6 Å². The lowest BCUT2D eigenvalue weighted by molar-refractivity contribution is 0.0520. The molecule has 21 heavy (non-hydrogen) atoms. The summed E-state index contributed by atoms with van der Waals surface area (Å²) in [7, 11) is 0. The summed E-state index contributed by atoms with van der Waals surface area (Å²) in [4.78, 5) is 26.4. The molecule has 0 amide bonds. The van der Waals surface area contributed by atoms with E-state index in [-0.39, 0.29) is 23.4 Å². The molecule has 1 N–H and O–H groups in total. The number of pyridine rings is 1. The van der Waals surface area contributed by atoms with Crippen LogP contribution in [0.15, 0.2) is 36.5 Å². The molecule has 1 heterocycles. The van der Waals surface area contributed by atoms with Crippen LogP contribution in [-0.4, -0.2) is 28.6 Å². The van der Waals surface area contributed by atoms with Gasteiger partial charge in [-0.15, -0.1) is 0 Å². The molecule has 0 saturated heterocycles. The number of hydrogen-bond donors (Lipinski definition) is 1. The van der Waals surface area contributed by atoms with Crippen molar-refractivity contribution in [1.82, 2.24) is 4.98 Å². The fourth-order valence-corrected chi connectivity index (χ4v) is 1.87. The lowest BCUT2D eigenvalue weighted by Crippen LogP contribution is -2.07. The van der Waals surface area contributed by atoms with Crippen molar-refractivity contribution in [2.24, 2.45) is 0 Å². The Morgan fingerprint density at radius 3 is 2.71 bits per heavy atom. The zero-order valence-electron chi connectivity index (χ0n) is 11.2. The van der Waals surface area contributed by atoms with Crippen molar-refractivity contribution in [3.63, 3.8) is 0 Å². The van der Waals surface area contributed by atoms with Crippen molar-refractivity contribution in [2.75, 3.05) is 6.61 Å². The first-order valence-corrected chi connectivity index (χ1v) is 6.20. The van der Waals surface area contributed by atoms with E-state index < -0.39 is 17.8 Å². The summed E-state index contributed by atoms with van der Waals surface area (Å²) in [6.07, 6.45) is 1.34. The number of carbonyl (C=O) groups excluding carboxylic acids is 1. The van der Waals surface area contributed by atoms with Crippen LogP contribution in [0.5, 0.6) is 0 Å². The van der Waals surface area contributed by atoms with Crippen LogP contribution in [0.4, 0.5) is 4.39 Å². The van der Waals surface area contributed by atoms with E-state index >= 15 is 0 Å². The minimum Gasteiger partial charge on any atom is -0.476 e. The smallest absolute Gasteiger partial charge is 0.355 e. The molecule has 0 saturated carbocycles. The van der Waals surface area contributed by atoms with Gasteiger partial charge in [0.05, 0.1) is 12.2 Å². The number of esters is 1. The van der Waals surface area contributed by atoms with Crippen molar-refractivity contribution < 1.29 is 23.8 Å². The summed E-state index contributed by atoms with van der Waals surface area (Å²) in [6, 6.07) is 6.89. The van der Waals surface area contributed by atoms with Crippen molar-refractivity contribution in [1.29, 1.82) is 0 Å². The summed E-state index contributed by atoms with van der Waals surface area (Å²) in [5.41, 5.74) is 0.229. The first kappa shape index (κ1) is 14.6. The highest BCUT2D eigenvalue weighted by Gasteiger charge is 2.17. The normalized spacial score (nSPS) is 10.2. The second kappa shape index (κ2) is 6.13. The van der Waals surface area contributed by atoms with Gasteiger partial charge in [0, 0.05) is 11.8 Å². The van der Waals surface area contributed by atoms with Gasteiger partial charge in [-0.2, -0.15) is 0 Å². The second-order valence-corrected chi connectivity index (χ2v) is 4.12. The fraction of sp³-hybridized carbons (Fsp3) is 0.133. The molecule has 2 aromatic rings. The third-order valence-electron chi connectivity index (χ3n) is 2.79. The van der Waals surface area contributed by atoms with Crippen LogP contribution in [0.25, 0.3) is 11.1 Å². The Bertz CT molecular complexity index is 700. The third-order valence-corrected chi connectivity index (χ3v) is 2.79. The number of hydrogen-bond acceptors (Lipinski definition) is 4. The Kier molecular flexibility index (Phi) is 4.27. The number of benzene rings is 1. The summed E-state index contributed by atoms with van der Waals surface area (Å²) >= 11 is 0. The molecule has 108 valence electrons. The summed E-state index contributed by atoms with van der Waals surface area (Å²) in [6.45, 7) is 1.77. The summed E-state index contributed by atoms with van der Waals surface area (Å²) < 4.78 is 18.7. The predicted molar refractivity (Wildman–Crippen MR) is 72.5 cm³/mol. The maximum atomic E-state index is 14.0. The zero-order valence-corrected chi connectivity index (χ0v) is 11.2. The number of carboxylic acid groups (broad SMARTS) is 1. The average molecular weight is 289 g/mol. The highest BCUT2D eigenvalue weighted by molar-refractivity contribution is 5.95. The van der Waals surface area contributed by atoms with Gasteiger partial charge in [-0.05, 0) is 30.7 Å². The van der Waals surface area contributed by atoms with Gasteiger partial charge in [-0.1, -0.05) is 12.1 Å². The molecule has 1 aromatic heterocycles. The number of nitrogens with zero attached hydrogens (tertiary/aromatic N) is 1. The molecule has 0 aliphatic heterocycles. The second-order valence-electron chi connectivity index (χ2n) is 4.12. The third kappa shape index (κ3) is 3.05. The van der Waals surface area contributed by atoms with Gasteiger partial charge in [0.25, 0.3) is 0 Å². The van der Waals surface area contributed by atoms with Gasteiger partial charge in [0.1, 0.15) is 5.82 Å². The van der Waals surface area contributed by atoms with E-state index in [1.165, 1.54) is 24.4 Å². The number of ether oxygens (including phenoxy) is 1. The molecule has 2 rings (SSSR count). The molecule has 0 aliphatic carbocycles. The van der Waals surface area contributed by atoms with Crippen molar-refractivity contribution >= 4 is 11.9 Å². The number of halogens is 1. The van der Waals surface area contributed by atoms with Gasteiger partial charge in [0.2, 0.25) is 0 Å². The quantitative estimate of drug-likeness (QED) is 0.876. The molecule has 0 unspecified atom stereocenters. The van der Waals surface area contributed by atoms with Crippen molar-refractivity contribution in [3.8, 4) is 11.1 Å². The number of carboxylic acids is 1. The van der Waals surface area contributed by atoms with Gasteiger partial charge < -0.3 is 9.84 Å².